The highest BCUT2D eigenvalue weighted by Gasteiger charge is 2.22. The second-order valence-electron chi connectivity index (χ2n) is 8.00. The fourth-order valence-corrected chi connectivity index (χ4v) is 3.77. The summed E-state index contributed by atoms with van der Waals surface area (Å²) in [4.78, 5) is 29.6. The third kappa shape index (κ3) is 7.76. The summed E-state index contributed by atoms with van der Waals surface area (Å²) >= 11 is 0. The van der Waals surface area contributed by atoms with Gasteiger partial charge in [0, 0.05) is 50.9 Å². The molecular formula is C25H34N4O4. The van der Waals surface area contributed by atoms with Crippen LogP contribution in [0.25, 0.3) is 0 Å². The maximum Gasteiger partial charge on any atom is 0.322 e. The number of amides is 3. The van der Waals surface area contributed by atoms with E-state index in [1.165, 1.54) is 0 Å². The number of methoxy groups -OCH3 is 1. The average Bonchev–Trinajstić information content (AvgIpc) is 2.85. The maximum absolute atomic E-state index is 13.2. The van der Waals surface area contributed by atoms with Gasteiger partial charge < -0.3 is 25.0 Å². The van der Waals surface area contributed by atoms with E-state index in [0.717, 1.165) is 38.4 Å². The Morgan fingerprint density at radius 2 is 1.88 bits per heavy atom. The number of carbonyl (C=O) groups is 2. The van der Waals surface area contributed by atoms with E-state index in [9.17, 15) is 9.59 Å². The molecule has 8 nitrogen and oxygen atoms in total. The predicted octanol–water partition coefficient (Wildman–Crippen LogP) is 3.13. The normalized spacial score (nSPS) is 14.8. The lowest BCUT2D eigenvalue weighted by Crippen LogP contribution is -2.42. The molecule has 3 amide bonds. The van der Waals surface area contributed by atoms with Crippen LogP contribution in [0.2, 0.25) is 0 Å². The molecule has 1 atom stereocenters. The summed E-state index contributed by atoms with van der Waals surface area (Å²) in [7, 11) is 1.59. The molecule has 0 radical (unpaired) electrons. The summed E-state index contributed by atoms with van der Waals surface area (Å²) < 4.78 is 10.6. The first-order valence-electron chi connectivity index (χ1n) is 11.4. The van der Waals surface area contributed by atoms with Crippen LogP contribution in [-0.2, 0) is 9.53 Å². The van der Waals surface area contributed by atoms with E-state index >= 15 is 0 Å². The third-order valence-electron chi connectivity index (χ3n) is 5.77. The molecule has 178 valence electrons. The van der Waals surface area contributed by atoms with Gasteiger partial charge in [0.1, 0.15) is 5.75 Å². The molecule has 3 rings (SSSR count). The van der Waals surface area contributed by atoms with Crippen LogP contribution in [0.1, 0.15) is 24.9 Å². The van der Waals surface area contributed by atoms with E-state index in [1.54, 1.807) is 18.1 Å². The van der Waals surface area contributed by atoms with E-state index in [0.29, 0.717) is 24.5 Å². The smallest absolute Gasteiger partial charge is 0.322 e. The third-order valence-corrected chi connectivity index (χ3v) is 5.77. The van der Waals surface area contributed by atoms with Crippen LogP contribution in [0.3, 0.4) is 0 Å². The first kappa shape index (κ1) is 24.5. The highest BCUT2D eigenvalue weighted by molar-refractivity contribution is 5.90. The lowest BCUT2D eigenvalue weighted by atomic mass is 10.1. The number of rotatable bonds is 10. The molecule has 1 saturated heterocycles. The standard InChI is InChI=1S/C25H34N4O4/c1-20(21-7-4-3-5-8-21)29(25(31)27-22-9-6-10-23(19-22)32-2)13-11-24(30)26-12-14-28-15-17-33-18-16-28/h3-10,19-20H,11-18H2,1-2H3,(H,26,30)(H,27,31). The average molecular weight is 455 g/mol. The van der Waals surface area contributed by atoms with Gasteiger partial charge in [-0.3, -0.25) is 9.69 Å². The number of nitrogens with zero attached hydrogens (tertiary/aromatic N) is 2. The number of morpholine rings is 1. The molecule has 1 fully saturated rings. The highest BCUT2D eigenvalue weighted by atomic mass is 16.5. The number of urea groups is 1. The molecule has 0 aliphatic carbocycles. The first-order chi connectivity index (χ1) is 16.1. The first-order valence-corrected chi connectivity index (χ1v) is 11.4. The molecule has 0 spiro atoms. The van der Waals surface area contributed by atoms with Crippen molar-refractivity contribution in [1.29, 1.82) is 0 Å². The van der Waals surface area contributed by atoms with Crippen molar-refractivity contribution in [1.82, 2.24) is 15.1 Å². The largest absolute Gasteiger partial charge is 0.497 e. The van der Waals surface area contributed by atoms with Crippen LogP contribution in [0, 0.1) is 0 Å². The number of ether oxygens (including phenoxy) is 2. The van der Waals surface area contributed by atoms with Gasteiger partial charge in [0.15, 0.2) is 0 Å². The zero-order valence-electron chi connectivity index (χ0n) is 19.5. The lowest BCUT2D eigenvalue weighted by molar-refractivity contribution is -0.121. The minimum absolute atomic E-state index is 0.0669. The van der Waals surface area contributed by atoms with E-state index in [2.05, 4.69) is 15.5 Å². The van der Waals surface area contributed by atoms with E-state index in [1.807, 2.05) is 55.5 Å². The van der Waals surface area contributed by atoms with E-state index in [4.69, 9.17) is 9.47 Å². The topological polar surface area (TPSA) is 83.1 Å². The Bertz CT molecular complexity index is 887. The fraction of sp³-hybridized carbons (Fsp3) is 0.440. The molecule has 8 heteroatoms. The van der Waals surface area contributed by atoms with Crippen molar-refractivity contribution >= 4 is 17.6 Å². The summed E-state index contributed by atoms with van der Waals surface area (Å²) in [6.45, 7) is 6.92. The minimum Gasteiger partial charge on any atom is -0.497 e. The SMILES string of the molecule is COc1cccc(NC(=O)N(CCC(=O)NCCN2CCOCC2)C(C)c2ccccc2)c1. The highest BCUT2D eigenvalue weighted by Crippen LogP contribution is 2.23. The van der Waals surface area contributed by atoms with Crippen molar-refractivity contribution in [2.45, 2.75) is 19.4 Å². The second kappa shape index (κ2) is 12.8. The van der Waals surface area contributed by atoms with Crippen molar-refractivity contribution in [3.63, 3.8) is 0 Å². The van der Waals surface area contributed by atoms with Gasteiger partial charge in [-0.1, -0.05) is 36.4 Å². The number of benzene rings is 2. The molecule has 2 N–H and O–H groups in total. The summed E-state index contributed by atoms with van der Waals surface area (Å²) in [5, 5.41) is 5.91. The van der Waals surface area contributed by atoms with Gasteiger partial charge in [-0.2, -0.15) is 0 Å². The van der Waals surface area contributed by atoms with Crippen molar-refractivity contribution in [2.24, 2.45) is 0 Å². The quantitative estimate of drug-likeness (QED) is 0.576. The molecule has 0 saturated carbocycles. The van der Waals surface area contributed by atoms with Gasteiger partial charge in [-0.15, -0.1) is 0 Å². The van der Waals surface area contributed by atoms with E-state index < -0.39 is 0 Å². The molecule has 2 aromatic rings. The molecular weight excluding hydrogens is 420 g/mol. The Morgan fingerprint density at radius 3 is 2.61 bits per heavy atom. The van der Waals surface area contributed by atoms with Crippen LogP contribution in [-0.4, -0.2) is 74.8 Å². The fourth-order valence-electron chi connectivity index (χ4n) is 3.77. The zero-order chi connectivity index (χ0) is 23.5. The van der Waals surface area contributed by atoms with Crippen molar-refractivity contribution in [3.05, 3.63) is 60.2 Å². The monoisotopic (exact) mass is 454 g/mol. The van der Waals surface area contributed by atoms with Crippen LogP contribution in [0.4, 0.5) is 10.5 Å². The molecule has 2 aromatic carbocycles. The Labute approximate surface area is 195 Å². The molecule has 1 aliphatic rings. The number of nitrogens with one attached hydrogen (secondary N) is 2. The summed E-state index contributed by atoms with van der Waals surface area (Å²) in [6.07, 6.45) is 0.228. The zero-order valence-corrected chi connectivity index (χ0v) is 19.5. The number of carbonyl (C=O) groups excluding carboxylic acids is 2. The minimum atomic E-state index is -0.263. The van der Waals surface area contributed by atoms with Crippen molar-refractivity contribution < 1.29 is 19.1 Å². The molecule has 1 heterocycles. The predicted molar refractivity (Wildman–Crippen MR) is 128 cm³/mol. The summed E-state index contributed by atoms with van der Waals surface area (Å²) in [5.74, 6) is 0.595. The van der Waals surface area contributed by atoms with Gasteiger partial charge in [-0.05, 0) is 24.6 Å². The van der Waals surface area contributed by atoms with Crippen molar-refractivity contribution in [3.8, 4) is 5.75 Å². The summed E-state index contributed by atoms with van der Waals surface area (Å²) in [5.41, 5.74) is 1.64. The van der Waals surface area contributed by atoms with Gasteiger partial charge in [0.25, 0.3) is 0 Å². The van der Waals surface area contributed by atoms with Crippen LogP contribution < -0.4 is 15.4 Å². The van der Waals surface area contributed by atoms with Crippen LogP contribution in [0.15, 0.2) is 54.6 Å². The molecule has 1 aliphatic heterocycles. The number of anilines is 1. The Hall–Kier alpha value is -3.10. The van der Waals surface area contributed by atoms with Gasteiger partial charge >= 0.3 is 6.03 Å². The maximum atomic E-state index is 13.2. The molecule has 33 heavy (non-hydrogen) atoms. The lowest BCUT2D eigenvalue weighted by Gasteiger charge is -2.30. The van der Waals surface area contributed by atoms with E-state index in [-0.39, 0.29) is 24.4 Å². The van der Waals surface area contributed by atoms with Crippen LogP contribution >= 0.6 is 0 Å². The van der Waals surface area contributed by atoms with Crippen molar-refractivity contribution in [2.75, 3.05) is 58.4 Å². The number of hydrogen-bond donors (Lipinski definition) is 2. The van der Waals surface area contributed by atoms with Crippen LogP contribution in [0.5, 0.6) is 5.75 Å². The Morgan fingerprint density at radius 1 is 1.12 bits per heavy atom. The summed E-state index contributed by atoms with van der Waals surface area (Å²) in [6, 6.07) is 16.6. The Kier molecular flexibility index (Phi) is 9.53. The molecule has 1 unspecified atom stereocenters. The van der Waals surface area contributed by atoms with Gasteiger partial charge in [0.05, 0.1) is 26.4 Å². The van der Waals surface area contributed by atoms with Gasteiger partial charge in [0.2, 0.25) is 5.91 Å². The second-order valence-corrected chi connectivity index (χ2v) is 8.00. The molecule has 0 bridgehead atoms. The number of hydrogen-bond acceptors (Lipinski definition) is 5. The van der Waals surface area contributed by atoms with Gasteiger partial charge in [-0.25, -0.2) is 4.79 Å². The molecule has 0 aromatic heterocycles. The Balaban J connectivity index is 1.58.